The van der Waals surface area contributed by atoms with E-state index in [0.717, 1.165) is 6.42 Å². The van der Waals surface area contributed by atoms with Crippen molar-refractivity contribution in [1.82, 2.24) is 20.8 Å². The third-order valence-corrected chi connectivity index (χ3v) is 4.48. The summed E-state index contributed by atoms with van der Waals surface area (Å²) >= 11 is 0. The zero-order chi connectivity index (χ0) is 22.1. The van der Waals surface area contributed by atoms with Crippen molar-refractivity contribution in [3.8, 4) is 11.4 Å². The number of nitrogens with zero attached hydrogens (tertiary/aromatic N) is 2. The van der Waals surface area contributed by atoms with E-state index in [0.29, 0.717) is 29.8 Å². The molecule has 9 nitrogen and oxygen atoms in total. The van der Waals surface area contributed by atoms with E-state index in [1.807, 2.05) is 0 Å². The minimum atomic E-state index is -0.842. The molecule has 0 saturated heterocycles. The van der Waals surface area contributed by atoms with E-state index in [4.69, 9.17) is 9.26 Å². The van der Waals surface area contributed by atoms with E-state index in [1.54, 1.807) is 61.7 Å². The second-order valence-corrected chi connectivity index (χ2v) is 6.71. The predicted molar refractivity (Wildman–Crippen MR) is 112 cm³/mol. The minimum absolute atomic E-state index is 0.0849. The van der Waals surface area contributed by atoms with E-state index in [-0.39, 0.29) is 23.5 Å². The molecule has 3 N–H and O–H groups in total. The van der Waals surface area contributed by atoms with Crippen LogP contribution in [0.25, 0.3) is 11.4 Å². The van der Waals surface area contributed by atoms with Crippen LogP contribution in [0, 0.1) is 0 Å². The van der Waals surface area contributed by atoms with E-state index < -0.39 is 12.6 Å². The van der Waals surface area contributed by atoms with Gasteiger partial charge in [0.25, 0.3) is 17.7 Å². The molecular formula is C22H24N4O5. The Balaban J connectivity index is 1.64. The van der Waals surface area contributed by atoms with Gasteiger partial charge >= 0.3 is 0 Å². The van der Waals surface area contributed by atoms with Crippen LogP contribution in [0.2, 0.25) is 0 Å². The van der Waals surface area contributed by atoms with Crippen LogP contribution in [0.15, 0.2) is 59.1 Å². The topological polar surface area (TPSA) is 127 Å². The second-order valence-electron chi connectivity index (χ2n) is 6.71. The van der Waals surface area contributed by atoms with Crippen molar-refractivity contribution < 1.29 is 24.0 Å². The first kappa shape index (κ1) is 22.1. The highest BCUT2D eigenvalue weighted by atomic mass is 16.5. The first-order valence-electron chi connectivity index (χ1n) is 9.80. The van der Waals surface area contributed by atoms with Gasteiger partial charge in [-0.3, -0.25) is 9.59 Å². The molecule has 0 aliphatic rings. The van der Waals surface area contributed by atoms with Crippen LogP contribution in [0.1, 0.15) is 39.1 Å². The van der Waals surface area contributed by atoms with Crippen LogP contribution >= 0.6 is 0 Å². The van der Waals surface area contributed by atoms with E-state index in [1.165, 1.54) is 0 Å². The summed E-state index contributed by atoms with van der Waals surface area (Å²) < 4.78 is 10.2. The Labute approximate surface area is 179 Å². The number of amides is 2. The fraction of sp³-hybridized carbons (Fsp3) is 0.273. The van der Waals surface area contributed by atoms with Crippen molar-refractivity contribution in [2.45, 2.75) is 12.5 Å². The third-order valence-electron chi connectivity index (χ3n) is 4.48. The molecule has 0 aliphatic heterocycles. The Morgan fingerprint density at radius 2 is 1.77 bits per heavy atom. The molecule has 2 aromatic carbocycles. The summed E-state index contributed by atoms with van der Waals surface area (Å²) in [5, 5.41) is 19.1. The predicted octanol–water partition coefficient (Wildman–Crippen LogP) is 1.97. The monoisotopic (exact) mass is 424 g/mol. The van der Waals surface area contributed by atoms with Gasteiger partial charge in [0.2, 0.25) is 5.82 Å². The number of nitrogens with one attached hydrogen (secondary N) is 2. The number of ether oxygens (including phenoxy) is 1. The van der Waals surface area contributed by atoms with Crippen molar-refractivity contribution in [1.29, 1.82) is 0 Å². The molecule has 1 aromatic heterocycles. The summed E-state index contributed by atoms with van der Waals surface area (Å²) in [6.07, 6.45) is 0.735. The van der Waals surface area contributed by atoms with Crippen molar-refractivity contribution >= 4 is 11.8 Å². The number of aromatic nitrogens is 2. The number of aliphatic hydroxyl groups is 1. The van der Waals surface area contributed by atoms with E-state index in [9.17, 15) is 14.7 Å². The Morgan fingerprint density at radius 1 is 1.06 bits per heavy atom. The lowest BCUT2D eigenvalue weighted by atomic mass is 10.1. The summed E-state index contributed by atoms with van der Waals surface area (Å²) in [4.78, 5) is 28.7. The lowest BCUT2D eigenvalue weighted by Crippen LogP contribution is -2.31. The largest absolute Gasteiger partial charge is 0.394 e. The van der Waals surface area contributed by atoms with Crippen LogP contribution < -0.4 is 10.6 Å². The average Bonchev–Trinajstić information content (AvgIpc) is 3.31. The average molecular weight is 424 g/mol. The van der Waals surface area contributed by atoms with Gasteiger partial charge < -0.3 is 25.0 Å². The van der Waals surface area contributed by atoms with Gasteiger partial charge in [0, 0.05) is 37.0 Å². The minimum Gasteiger partial charge on any atom is -0.394 e. The molecule has 3 rings (SSSR count). The third kappa shape index (κ3) is 5.97. The highest BCUT2D eigenvalue weighted by Gasteiger charge is 2.21. The van der Waals surface area contributed by atoms with Gasteiger partial charge in [-0.05, 0) is 30.7 Å². The van der Waals surface area contributed by atoms with Gasteiger partial charge in [0.05, 0.1) is 6.61 Å². The van der Waals surface area contributed by atoms with Crippen LogP contribution in [-0.4, -0.2) is 53.9 Å². The molecule has 31 heavy (non-hydrogen) atoms. The molecule has 0 unspecified atom stereocenters. The number of methoxy groups -OCH3 is 1. The van der Waals surface area contributed by atoms with Gasteiger partial charge in [-0.25, -0.2) is 0 Å². The maximum atomic E-state index is 12.3. The molecule has 0 bridgehead atoms. The van der Waals surface area contributed by atoms with Gasteiger partial charge in [0.15, 0.2) is 0 Å². The standard InChI is InChI=1S/C22H24N4O5/c1-30-13-5-12-23-20(28)17-10-8-15(9-11-17)19-25-22(31-26-19)18(14-27)24-21(29)16-6-3-2-4-7-16/h2-4,6-11,18,27H,5,12-14H2,1H3,(H,23,28)(H,24,29)/t18-/m0/s1. The summed E-state index contributed by atoms with van der Waals surface area (Å²) in [5.41, 5.74) is 1.60. The number of rotatable bonds is 10. The molecule has 0 fully saturated rings. The first-order chi connectivity index (χ1) is 15.1. The van der Waals surface area contributed by atoms with E-state index >= 15 is 0 Å². The molecule has 0 aliphatic carbocycles. The number of hydrogen-bond donors (Lipinski definition) is 3. The van der Waals surface area contributed by atoms with Crippen LogP contribution in [0.4, 0.5) is 0 Å². The molecule has 162 valence electrons. The number of aliphatic hydroxyl groups excluding tert-OH is 1. The van der Waals surface area contributed by atoms with Gasteiger partial charge in [-0.2, -0.15) is 4.98 Å². The highest BCUT2D eigenvalue weighted by molar-refractivity contribution is 5.95. The zero-order valence-corrected chi connectivity index (χ0v) is 17.1. The van der Waals surface area contributed by atoms with Gasteiger partial charge in [-0.15, -0.1) is 0 Å². The Kier molecular flexibility index (Phi) is 7.85. The summed E-state index contributed by atoms with van der Waals surface area (Å²) in [6.45, 7) is 0.711. The number of carbonyl (C=O) groups is 2. The Hall–Kier alpha value is -3.56. The smallest absolute Gasteiger partial charge is 0.251 e. The molecule has 0 saturated carbocycles. The van der Waals surface area contributed by atoms with Crippen molar-refractivity contribution in [3.05, 3.63) is 71.6 Å². The number of hydrogen-bond acceptors (Lipinski definition) is 7. The van der Waals surface area contributed by atoms with E-state index in [2.05, 4.69) is 20.8 Å². The summed E-state index contributed by atoms with van der Waals surface area (Å²) in [5.74, 6) is -0.170. The zero-order valence-electron chi connectivity index (χ0n) is 17.1. The number of carbonyl (C=O) groups excluding carboxylic acids is 2. The van der Waals surface area contributed by atoms with Crippen molar-refractivity contribution in [2.75, 3.05) is 26.9 Å². The maximum Gasteiger partial charge on any atom is 0.251 e. The molecule has 3 aromatic rings. The molecule has 1 heterocycles. The highest BCUT2D eigenvalue weighted by Crippen LogP contribution is 2.20. The normalized spacial score (nSPS) is 11.7. The molecule has 1 atom stereocenters. The van der Waals surface area contributed by atoms with Gasteiger partial charge in [-0.1, -0.05) is 35.5 Å². The maximum absolute atomic E-state index is 12.3. The quantitative estimate of drug-likeness (QED) is 0.425. The Morgan fingerprint density at radius 3 is 2.45 bits per heavy atom. The van der Waals surface area contributed by atoms with Crippen molar-refractivity contribution in [2.24, 2.45) is 0 Å². The second kappa shape index (κ2) is 11.0. The molecule has 0 radical (unpaired) electrons. The first-order valence-corrected chi connectivity index (χ1v) is 9.80. The van der Waals surface area contributed by atoms with Crippen LogP contribution in [-0.2, 0) is 4.74 Å². The SMILES string of the molecule is COCCCNC(=O)c1ccc(-c2noc([C@H](CO)NC(=O)c3ccccc3)n2)cc1. The summed E-state index contributed by atoms with van der Waals surface area (Å²) in [7, 11) is 1.61. The molecular weight excluding hydrogens is 400 g/mol. The van der Waals surface area contributed by atoms with Crippen molar-refractivity contribution in [3.63, 3.8) is 0 Å². The summed E-state index contributed by atoms with van der Waals surface area (Å²) in [6, 6.07) is 14.5. The molecule has 9 heteroatoms. The lowest BCUT2D eigenvalue weighted by molar-refractivity contribution is 0.0900. The molecule has 2 amide bonds. The fourth-order valence-corrected chi connectivity index (χ4v) is 2.80. The Bertz CT molecular complexity index is 989. The van der Waals surface area contributed by atoms with Gasteiger partial charge in [0.1, 0.15) is 6.04 Å². The van der Waals surface area contributed by atoms with Crippen LogP contribution in [0.3, 0.4) is 0 Å². The lowest BCUT2D eigenvalue weighted by Gasteiger charge is -2.11. The number of benzene rings is 2. The fourth-order valence-electron chi connectivity index (χ4n) is 2.80. The van der Waals surface area contributed by atoms with Crippen LogP contribution in [0.5, 0.6) is 0 Å². The molecule has 0 spiro atoms.